The normalized spacial score (nSPS) is 10.7. The van der Waals surface area contributed by atoms with Gasteiger partial charge in [-0.3, -0.25) is 0 Å². The Labute approximate surface area is 164 Å². The second-order valence-electron chi connectivity index (χ2n) is 6.01. The van der Waals surface area contributed by atoms with Crippen LogP contribution < -0.4 is 10.6 Å². The Morgan fingerprint density at radius 3 is 2.58 bits per heavy atom. The molecular formula is C19H25N3O2S2. The van der Waals surface area contributed by atoms with Gasteiger partial charge < -0.3 is 20.3 Å². The molecule has 0 aliphatic heterocycles. The third kappa shape index (κ3) is 5.27. The summed E-state index contributed by atoms with van der Waals surface area (Å²) in [6.45, 7) is 5.73. The maximum absolute atomic E-state index is 12.6. The number of rotatable bonds is 7. The number of carbonyl (C=O) groups excluding carboxylic acids is 1. The molecule has 1 aromatic carbocycles. The topological polar surface area (TPSA) is 53.6 Å². The first-order valence-corrected chi connectivity index (χ1v) is 9.72. The van der Waals surface area contributed by atoms with Crippen LogP contribution in [0.1, 0.15) is 22.2 Å². The second kappa shape index (κ2) is 9.66. The number of aryl methyl sites for hydroxylation is 1. The summed E-state index contributed by atoms with van der Waals surface area (Å²) in [6.07, 6.45) is 0. The molecule has 0 unspecified atom stereocenters. The van der Waals surface area contributed by atoms with Gasteiger partial charge >= 0.3 is 5.97 Å². The van der Waals surface area contributed by atoms with E-state index in [1.54, 1.807) is 6.92 Å². The lowest BCUT2D eigenvalue weighted by Crippen LogP contribution is -2.34. The first-order chi connectivity index (χ1) is 12.4. The number of nitrogens with zero attached hydrogens (tertiary/aromatic N) is 1. The molecule has 0 radical (unpaired) electrons. The van der Waals surface area contributed by atoms with Crippen molar-refractivity contribution >= 4 is 39.6 Å². The third-order valence-electron chi connectivity index (χ3n) is 3.70. The van der Waals surface area contributed by atoms with E-state index in [1.165, 1.54) is 11.3 Å². The number of thiocarbonyl (C=S) groups is 1. The van der Waals surface area contributed by atoms with E-state index in [2.05, 4.69) is 15.5 Å². The number of thiophene rings is 1. The van der Waals surface area contributed by atoms with E-state index in [4.69, 9.17) is 17.0 Å². The Morgan fingerprint density at radius 2 is 1.96 bits per heavy atom. The van der Waals surface area contributed by atoms with E-state index in [-0.39, 0.29) is 5.97 Å². The van der Waals surface area contributed by atoms with E-state index in [9.17, 15) is 4.79 Å². The van der Waals surface area contributed by atoms with Crippen LogP contribution in [0.2, 0.25) is 0 Å². The van der Waals surface area contributed by atoms with Gasteiger partial charge in [0.2, 0.25) is 0 Å². The number of hydrogen-bond acceptors (Lipinski definition) is 5. The molecule has 2 aromatic rings. The standard InChI is InChI=1S/C19H25N3O2S2/c1-5-24-18(23)16-15(14-9-7-6-8-10-14)13(2)26-17(16)21-19(25)20-11-12-22(3)4/h6-10H,5,11-12H2,1-4H3,(H2,20,21,25). The number of esters is 1. The van der Waals surface area contributed by atoms with Gasteiger partial charge in [-0.1, -0.05) is 30.3 Å². The monoisotopic (exact) mass is 391 g/mol. The van der Waals surface area contributed by atoms with Crippen molar-refractivity contribution in [2.24, 2.45) is 0 Å². The lowest BCUT2D eigenvalue weighted by molar-refractivity contribution is 0.0529. The molecule has 5 nitrogen and oxygen atoms in total. The van der Waals surface area contributed by atoms with Gasteiger partial charge in [-0.05, 0) is 45.7 Å². The highest BCUT2D eigenvalue weighted by Gasteiger charge is 2.24. The number of hydrogen-bond donors (Lipinski definition) is 2. The molecule has 1 heterocycles. The van der Waals surface area contributed by atoms with Gasteiger partial charge in [0.05, 0.1) is 6.61 Å². The zero-order chi connectivity index (χ0) is 19.1. The number of carbonyl (C=O) groups is 1. The van der Waals surface area contributed by atoms with Crippen molar-refractivity contribution in [1.29, 1.82) is 0 Å². The molecule has 1 aromatic heterocycles. The fourth-order valence-electron chi connectivity index (χ4n) is 2.52. The highest BCUT2D eigenvalue weighted by Crippen LogP contribution is 2.40. The van der Waals surface area contributed by atoms with Gasteiger partial charge in [0.25, 0.3) is 0 Å². The van der Waals surface area contributed by atoms with Crippen molar-refractivity contribution in [3.8, 4) is 11.1 Å². The maximum atomic E-state index is 12.6. The fraction of sp³-hybridized carbons (Fsp3) is 0.368. The second-order valence-corrected chi connectivity index (χ2v) is 7.64. The number of benzene rings is 1. The molecule has 140 valence electrons. The van der Waals surface area contributed by atoms with E-state index in [0.29, 0.717) is 22.3 Å². The Morgan fingerprint density at radius 1 is 1.27 bits per heavy atom. The van der Waals surface area contributed by atoms with E-state index in [0.717, 1.165) is 29.1 Å². The molecule has 0 amide bonds. The van der Waals surface area contributed by atoms with Gasteiger partial charge in [-0.2, -0.15) is 0 Å². The quantitative estimate of drug-likeness (QED) is 0.554. The van der Waals surface area contributed by atoms with Crippen LogP contribution in [0.5, 0.6) is 0 Å². The molecule has 0 aliphatic rings. The Bertz CT molecular complexity index is 758. The summed E-state index contributed by atoms with van der Waals surface area (Å²) < 4.78 is 5.30. The SMILES string of the molecule is CCOC(=O)c1c(NC(=S)NCCN(C)C)sc(C)c1-c1ccccc1. The molecule has 0 bridgehead atoms. The highest BCUT2D eigenvalue weighted by atomic mass is 32.1. The van der Waals surface area contributed by atoms with Gasteiger partial charge in [-0.25, -0.2) is 4.79 Å². The summed E-state index contributed by atoms with van der Waals surface area (Å²) in [6, 6.07) is 9.87. The Balaban J connectivity index is 2.31. The van der Waals surface area contributed by atoms with Crippen LogP contribution in [0.25, 0.3) is 11.1 Å². The average Bonchev–Trinajstić information content (AvgIpc) is 2.91. The van der Waals surface area contributed by atoms with Crippen molar-refractivity contribution < 1.29 is 9.53 Å². The van der Waals surface area contributed by atoms with Gasteiger partial charge in [0.15, 0.2) is 5.11 Å². The van der Waals surface area contributed by atoms with Gasteiger partial charge in [-0.15, -0.1) is 11.3 Å². The number of nitrogens with one attached hydrogen (secondary N) is 2. The summed E-state index contributed by atoms with van der Waals surface area (Å²) in [5, 5.41) is 7.55. The van der Waals surface area contributed by atoms with Crippen molar-refractivity contribution in [2.75, 3.05) is 39.1 Å². The van der Waals surface area contributed by atoms with Crippen molar-refractivity contribution in [1.82, 2.24) is 10.2 Å². The van der Waals surface area contributed by atoms with Crippen LogP contribution in [0.3, 0.4) is 0 Å². The van der Waals surface area contributed by atoms with E-state index in [1.807, 2.05) is 51.4 Å². The van der Waals surface area contributed by atoms with Gasteiger partial charge in [0.1, 0.15) is 10.6 Å². The molecule has 0 saturated carbocycles. The van der Waals surface area contributed by atoms with Crippen LogP contribution in [-0.2, 0) is 4.74 Å². The predicted octanol–water partition coefficient (Wildman–Crippen LogP) is 3.75. The van der Waals surface area contributed by atoms with Crippen LogP contribution in [0.4, 0.5) is 5.00 Å². The van der Waals surface area contributed by atoms with Crippen molar-refractivity contribution in [3.63, 3.8) is 0 Å². The van der Waals surface area contributed by atoms with Gasteiger partial charge in [0, 0.05) is 23.5 Å². The zero-order valence-electron chi connectivity index (χ0n) is 15.6. The largest absolute Gasteiger partial charge is 0.462 e. The zero-order valence-corrected chi connectivity index (χ0v) is 17.2. The van der Waals surface area contributed by atoms with Crippen LogP contribution in [0, 0.1) is 6.92 Å². The molecule has 7 heteroatoms. The summed E-state index contributed by atoms with van der Waals surface area (Å²) in [7, 11) is 4.01. The van der Waals surface area contributed by atoms with Crippen molar-refractivity contribution in [3.05, 3.63) is 40.8 Å². The average molecular weight is 392 g/mol. The first-order valence-electron chi connectivity index (χ1n) is 8.49. The summed E-state index contributed by atoms with van der Waals surface area (Å²) in [5.74, 6) is -0.339. The predicted molar refractivity (Wildman–Crippen MR) is 113 cm³/mol. The number of likely N-dealkylation sites (N-methyl/N-ethyl adjacent to an activating group) is 1. The molecule has 0 atom stereocenters. The summed E-state index contributed by atoms with van der Waals surface area (Å²) in [5.41, 5.74) is 2.42. The number of ether oxygens (including phenoxy) is 1. The summed E-state index contributed by atoms with van der Waals surface area (Å²) in [4.78, 5) is 15.7. The highest BCUT2D eigenvalue weighted by molar-refractivity contribution is 7.80. The molecule has 0 fully saturated rings. The third-order valence-corrected chi connectivity index (χ3v) is 4.96. The van der Waals surface area contributed by atoms with Crippen LogP contribution >= 0.6 is 23.6 Å². The Hall–Kier alpha value is -1.96. The number of anilines is 1. The van der Waals surface area contributed by atoms with E-state index >= 15 is 0 Å². The minimum atomic E-state index is -0.339. The first kappa shape index (κ1) is 20.4. The minimum Gasteiger partial charge on any atom is -0.462 e. The van der Waals surface area contributed by atoms with E-state index < -0.39 is 0 Å². The smallest absolute Gasteiger partial charge is 0.341 e. The molecule has 0 aliphatic carbocycles. The molecule has 2 N–H and O–H groups in total. The lowest BCUT2D eigenvalue weighted by Gasteiger charge is -2.14. The van der Waals surface area contributed by atoms with Crippen molar-refractivity contribution in [2.45, 2.75) is 13.8 Å². The molecule has 0 spiro atoms. The lowest BCUT2D eigenvalue weighted by atomic mass is 10.0. The van der Waals surface area contributed by atoms with Crippen LogP contribution in [-0.4, -0.2) is 49.8 Å². The minimum absolute atomic E-state index is 0.326. The molecule has 2 rings (SSSR count). The molecular weight excluding hydrogens is 366 g/mol. The van der Waals surface area contributed by atoms with Crippen LogP contribution in [0.15, 0.2) is 30.3 Å². The maximum Gasteiger partial charge on any atom is 0.341 e. The fourth-order valence-corrected chi connectivity index (χ4v) is 3.86. The Kier molecular flexibility index (Phi) is 7.56. The summed E-state index contributed by atoms with van der Waals surface area (Å²) >= 11 is 6.89. The molecule has 0 saturated heterocycles. The molecule has 26 heavy (non-hydrogen) atoms.